The topological polar surface area (TPSA) is 60.8 Å². The summed E-state index contributed by atoms with van der Waals surface area (Å²) in [6.45, 7) is 8.22. The molecule has 6 heteroatoms. The van der Waals surface area contributed by atoms with Gasteiger partial charge in [0.2, 0.25) is 0 Å². The molecule has 2 heterocycles. The van der Waals surface area contributed by atoms with Crippen molar-refractivity contribution in [3.05, 3.63) is 34.2 Å². The summed E-state index contributed by atoms with van der Waals surface area (Å²) in [6, 6.07) is 3.40. The van der Waals surface area contributed by atoms with E-state index >= 15 is 0 Å². The van der Waals surface area contributed by atoms with Crippen molar-refractivity contribution < 1.29 is 14.3 Å². The first-order valence-corrected chi connectivity index (χ1v) is 9.48. The minimum atomic E-state index is -0.134. The van der Waals surface area contributed by atoms with E-state index in [2.05, 4.69) is 13.8 Å². The van der Waals surface area contributed by atoms with E-state index in [9.17, 15) is 9.59 Å². The Labute approximate surface area is 159 Å². The number of carbonyl (C=O) groups excluding carboxylic acids is 1. The van der Waals surface area contributed by atoms with Gasteiger partial charge in [-0.15, -0.1) is 0 Å². The number of ether oxygens (including phenoxy) is 2. The number of nitrogens with zero attached hydrogens (tertiary/aromatic N) is 2. The van der Waals surface area contributed by atoms with Crippen molar-refractivity contribution in [2.45, 2.75) is 33.7 Å². The van der Waals surface area contributed by atoms with Gasteiger partial charge in [0.25, 0.3) is 11.5 Å². The van der Waals surface area contributed by atoms with Crippen LogP contribution in [0.1, 0.15) is 37.6 Å². The molecular formula is C21H28N2O4. The minimum Gasteiger partial charge on any atom is -0.493 e. The second kappa shape index (κ2) is 7.62. The highest BCUT2D eigenvalue weighted by Gasteiger charge is 2.28. The number of amides is 1. The molecule has 6 nitrogen and oxygen atoms in total. The van der Waals surface area contributed by atoms with E-state index in [-0.39, 0.29) is 11.5 Å². The van der Waals surface area contributed by atoms with Crippen LogP contribution >= 0.6 is 0 Å². The Hall–Kier alpha value is -2.50. The number of aryl methyl sites for hydroxylation is 1. The molecule has 0 bridgehead atoms. The smallest absolute Gasteiger partial charge is 0.258 e. The lowest BCUT2D eigenvalue weighted by Gasteiger charge is -2.35. The summed E-state index contributed by atoms with van der Waals surface area (Å²) in [5.74, 6) is 1.89. The van der Waals surface area contributed by atoms with Gasteiger partial charge in [0, 0.05) is 31.2 Å². The van der Waals surface area contributed by atoms with Crippen LogP contribution < -0.4 is 15.0 Å². The van der Waals surface area contributed by atoms with E-state index in [0.717, 1.165) is 19.5 Å². The van der Waals surface area contributed by atoms with Gasteiger partial charge in [-0.1, -0.05) is 13.8 Å². The molecule has 1 saturated heterocycles. The molecule has 0 aliphatic carbocycles. The molecule has 0 spiro atoms. The lowest BCUT2D eigenvalue weighted by atomic mass is 9.91. The molecule has 1 amide bonds. The maximum absolute atomic E-state index is 13.4. The Morgan fingerprint density at radius 2 is 1.63 bits per heavy atom. The lowest BCUT2D eigenvalue weighted by molar-refractivity contribution is 0.0624. The summed E-state index contributed by atoms with van der Waals surface area (Å²) >= 11 is 0. The van der Waals surface area contributed by atoms with Crippen molar-refractivity contribution in [3.63, 3.8) is 0 Å². The van der Waals surface area contributed by atoms with Gasteiger partial charge in [0.1, 0.15) is 0 Å². The quantitative estimate of drug-likeness (QED) is 0.827. The van der Waals surface area contributed by atoms with Crippen LogP contribution in [0.3, 0.4) is 0 Å². The van der Waals surface area contributed by atoms with Crippen LogP contribution in [0.2, 0.25) is 0 Å². The molecule has 0 saturated carbocycles. The van der Waals surface area contributed by atoms with Crippen molar-refractivity contribution in [3.8, 4) is 11.5 Å². The fourth-order valence-corrected chi connectivity index (χ4v) is 4.12. The van der Waals surface area contributed by atoms with Gasteiger partial charge >= 0.3 is 0 Å². The second-order valence-electron chi connectivity index (χ2n) is 7.54. The summed E-state index contributed by atoms with van der Waals surface area (Å²) in [5.41, 5.74) is 0.402. The zero-order chi connectivity index (χ0) is 19.7. The van der Waals surface area contributed by atoms with E-state index in [1.54, 1.807) is 30.0 Å². The average Bonchev–Trinajstić information content (AvgIpc) is 2.66. The monoisotopic (exact) mass is 372 g/mol. The maximum Gasteiger partial charge on any atom is 0.258 e. The van der Waals surface area contributed by atoms with Crippen molar-refractivity contribution in [2.75, 3.05) is 27.3 Å². The average molecular weight is 372 g/mol. The van der Waals surface area contributed by atoms with Gasteiger partial charge < -0.3 is 18.9 Å². The van der Waals surface area contributed by atoms with Crippen molar-refractivity contribution in [1.29, 1.82) is 0 Å². The molecule has 2 atom stereocenters. The molecule has 1 aromatic heterocycles. The van der Waals surface area contributed by atoms with Gasteiger partial charge in [-0.2, -0.15) is 0 Å². The number of hydrogen-bond acceptors (Lipinski definition) is 4. The first kappa shape index (κ1) is 19.3. The van der Waals surface area contributed by atoms with Crippen LogP contribution in [0.15, 0.2) is 23.1 Å². The highest BCUT2D eigenvalue weighted by Crippen LogP contribution is 2.33. The fourth-order valence-electron chi connectivity index (χ4n) is 4.12. The van der Waals surface area contributed by atoms with Crippen molar-refractivity contribution >= 4 is 16.7 Å². The zero-order valence-electron chi connectivity index (χ0n) is 16.7. The van der Waals surface area contributed by atoms with E-state index in [1.807, 2.05) is 11.8 Å². The normalized spacial score (nSPS) is 20.0. The van der Waals surface area contributed by atoms with Crippen molar-refractivity contribution in [2.24, 2.45) is 11.8 Å². The van der Waals surface area contributed by atoms with Crippen LogP contribution in [-0.4, -0.2) is 42.7 Å². The van der Waals surface area contributed by atoms with E-state index < -0.39 is 0 Å². The summed E-state index contributed by atoms with van der Waals surface area (Å²) < 4.78 is 12.3. The zero-order valence-corrected chi connectivity index (χ0v) is 16.7. The molecule has 2 aromatic rings. The summed E-state index contributed by atoms with van der Waals surface area (Å²) in [5, 5.41) is 1.08. The molecule has 1 aliphatic rings. The molecule has 146 valence electrons. The predicted molar refractivity (Wildman–Crippen MR) is 106 cm³/mol. The molecular weight excluding hydrogens is 344 g/mol. The number of piperidine rings is 1. The van der Waals surface area contributed by atoms with Crippen LogP contribution in [0.25, 0.3) is 10.8 Å². The third-order valence-electron chi connectivity index (χ3n) is 5.32. The molecule has 1 aromatic carbocycles. The maximum atomic E-state index is 13.4. The van der Waals surface area contributed by atoms with Gasteiger partial charge in [-0.05, 0) is 37.3 Å². The van der Waals surface area contributed by atoms with Gasteiger partial charge in [0.05, 0.1) is 25.2 Å². The highest BCUT2D eigenvalue weighted by molar-refractivity contribution is 6.07. The standard InChI is InChI=1S/C21H28N2O4/c1-6-22-12-17(21(25)23-10-13(2)7-14(3)11-23)15-8-18(26-4)19(27-5)9-16(15)20(22)24/h8-9,12-14H,6-7,10-11H2,1-5H3. The third kappa shape index (κ3) is 3.53. The number of aromatic nitrogens is 1. The number of fused-ring (bicyclic) bond motifs is 1. The van der Waals surface area contributed by atoms with Crippen LogP contribution in [0.5, 0.6) is 11.5 Å². The number of rotatable bonds is 4. The van der Waals surface area contributed by atoms with Gasteiger partial charge in [-0.25, -0.2) is 0 Å². The summed E-state index contributed by atoms with van der Waals surface area (Å²) in [7, 11) is 3.08. The summed E-state index contributed by atoms with van der Waals surface area (Å²) in [6.07, 6.45) is 2.81. The first-order valence-electron chi connectivity index (χ1n) is 9.48. The van der Waals surface area contributed by atoms with Crippen LogP contribution in [0, 0.1) is 11.8 Å². The van der Waals surface area contributed by atoms with E-state index in [0.29, 0.717) is 46.2 Å². The Morgan fingerprint density at radius 1 is 1.07 bits per heavy atom. The van der Waals surface area contributed by atoms with Crippen LogP contribution in [0.4, 0.5) is 0 Å². The Bertz CT molecular complexity index is 909. The molecule has 0 N–H and O–H groups in total. The number of carbonyl (C=O) groups is 1. The molecule has 1 fully saturated rings. The second-order valence-corrected chi connectivity index (χ2v) is 7.54. The van der Waals surface area contributed by atoms with Crippen molar-refractivity contribution in [1.82, 2.24) is 9.47 Å². The van der Waals surface area contributed by atoms with E-state index in [4.69, 9.17) is 9.47 Å². The molecule has 1 aliphatic heterocycles. The molecule has 2 unspecified atom stereocenters. The fraction of sp³-hybridized carbons (Fsp3) is 0.524. The number of likely N-dealkylation sites (tertiary alicyclic amines) is 1. The third-order valence-corrected chi connectivity index (χ3v) is 5.32. The molecule has 27 heavy (non-hydrogen) atoms. The van der Waals surface area contributed by atoms with Gasteiger partial charge in [-0.3, -0.25) is 9.59 Å². The molecule has 3 rings (SSSR count). The van der Waals surface area contributed by atoms with Gasteiger partial charge in [0.15, 0.2) is 11.5 Å². The highest BCUT2D eigenvalue weighted by atomic mass is 16.5. The number of hydrogen-bond donors (Lipinski definition) is 0. The Morgan fingerprint density at radius 3 is 2.15 bits per heavy atom. The number of pyridine rings is 1. The van der Waals surface area contributed by atoms with Crippen LogP contribution in [-0.2, 0) is 6.54 Å². The van der Waals surface area contributed by atoms with E-state index in [1.165, 1.54) is 7.11 Å². The lowest BCUT2D eigenvalue weighted by Crippen LogP contribution is -2.43. The SMILES string of the molecule is CCn1cc(C(=O)N2CC(C)CC(C)C2)c2cc(OC)c(OC)cc2c1=O. The largest absolute Gasteiger partial charge is 0.493 e. The Kier molecular flexibility index (Phi) is 5.44. The number of methoxy groups -OCH3 is 2. The number of benzene rings is 1. The first-order chi connectivity index (χ1) is 12.9. The Balaban J connectivity index is 2.20. The summed E-state index contributed by atoms with van der Waals surface area (Å²) in [4.78, 5) is 28.1. The molecule has 0 radical (unpaired) electrons. The minimum absolute atomic E-state index is 0.0344. The predicted octanol–water partition coefficient (Wildman–Crippen LogP) is 3.16.